The van der Waals surface area contributed by atoms with E-state index >= 15 is 0 Å². The number of aromatic amines is 1. The Morgan fingerprint density at radius 3 is 2.26 bits per heavy atom. The summed E-state index contributed by atoms with van der Waals surface area (Å²) in [6.07, 6.45) is 9.93. The molecule has 1 aromatic heterocycles. The van der Waals surface area contributed by atoms with Crippen molar-refractivity contribution in [3.8, 4) is 22.6 Å². The topological polar surface area (TPSA) is 28.7 Å². The van der Waals surface area contributed by atoms with E-state index in [4.69, 9.17) is 0 Å². The summed E-state index contributed by atoms with van der Waals surface area (Å²) in [5.41, 5.74) is 6.36. The third kappa shape index (κ3) is 4.64. The molecule has 1 heterocycles. The zero-order valence-corrected chi connectivity index (χ0v) is 18.0. The summed E-state index contributed by atoms with van der Waals surface area (Å²) >= 11 is 0. The number of rotatable bonds is 7. The molecular formula is C29H30N2. The molecule has 2 heteroatoms. The van der Waals surface area contributed by atoms with Crippen LogP contribution in [0.3, 0.4) is 0 Å². The zero-order chi connectivity index (χ0) is 20.9. The van der Waals surface area contributed by atoms with Crippen LogP contribution in [0.5, 0.6) is 0 Å². The average Bonchev–Trinajstić information content (AvgIpc) is 3.53. The highest BCUT2D eigenvalue weighted by Crippen LogP contribution is 2.37. The smallest absolute Gasteiger partial charge is 0.137 e. The Balaban J connectivity index is 1.44. The van der Waals surface area contributed by atoms with Gasteiger partial charge >= 0.3 is 0 Å². The van der Waals surface area contributed by atoms with Gasteiger partial charge in [0.05, 0.1) is 11.9 Å². The largest absolute Gasteiger partial charge is 0.338 e. The molecule has 1 saturated carbocycles. The number of aromatic nitrogens is 2. The second-order valence-electron chi connectivity index (χ2n) is 8.87. The van der Waals surface area contributed by atoms with Gasteiger partial charge in [0, 0.05) is 11.1 Å². The SMILES string of the molecule is c1ccc(-c2ncc(-c3ccccc3CC(CC3CCCC3)c3ccccc3)[nH]2)cc1. The standard InChI is InChI=1S/C29H30N2/c1-3-13-23(14-4-1)26(19-22-11-7-8-12-22)20-25-17-9-10-18-27(25)28-21-30-29(31-28)24-15-5-2-6-16-24/h1-6,9-10,13-18,21-22,26H,7-8,11-12,19-20H2,(H,30,31). The first-order valence-corrected chi connectivity index (χ1v) is 11.6. The molecule has 1 aliphatic rings. The maximum atomic E-state index is 4.67. The van der Waals surface area contributed by atoms with Crippen molar-refractivity contribution in [1.29, 1.82) is 0 Å². The van der Waals surface area contributed by atoms with Crippen LogP contribution in [0.15, 0.2) is 91.1 Å². The Labute approximate surface area is 185 Å². The molecule has 1 aliphatic carbocycles. The van der Waals surface area contributed by atoms with Gasteiger partial charge in [-0.25, -0.2) is 4.98 Å². The highest BCUT2D eigenvalue weighted by atomic mass is 14.9. The van der Waals surface area contributed by atoms with E-state index in [9.17, 15) is 0 Å². The lowest BCUT2D eigenvalue weighted by molar-refractivity contribution is 0.442. The molecule has 5 rings (SSSR count). The molecule has 0 saturated heterocycles. The number of hydrogen-bond donors (Lipinski definition) is 1. The van der Waals surface area contributed by atoms with Crippen LogP contribution < -0.4 is 0 Å². The summed E-state index contributed by atoms with van der Waals surface area (Å²) < 4.78 is 0. The Morgan fingerprint density at radius 1 is 0.806 bits per heavy atom. The first-order valence-electron chi connectivity index (χ1n) is 11.6. The average molecular weight is 407 g/mol. The van der Waals surface area contributed by atoms with Crippen molar-refractivity contribution in [3.05, 3.63) is 102 Å². The van der Waals surface area contributed by atoms with Gasteiger partial charge in [0.2, 0.25) is 0 Å². The summed E-state index contributed by atoms with van der Waals surface area (Å²) in [4.78, 5) is 8.23. The Hall–Kier alpha value is -3.13. The van der Waals surface area contributed by atoms with Crippen LogP contribution in [0, 0.1) is 5.92 Å². The summed E-state index contributed by atoms with van der Waals surface area (Å²) in [5.74, 6) is 2.35. The minimum atomic E-state index is 0.557. The van der Waals surface area contributed by atoms with Crippen LogP contribution in [0.4, 0.5) is 0 Å². The molecule has 0 radical (unpaired) electrons. The number of hydrogen-bond acceptors (Lipinski definition) is 1. The molecule has 0 amide bonds. The van der Waals surface area contributed by atoms with Gasteiger partial charge in [-0.15, -0.1) is 0 Å². The lowest BCUT2D eigenvalue weighted by Gasteiger charge is -2.22. The van der Waals surface area contributed by atoms with Crippen LogP contribution >= 0.6 is 0 Å². The van der Waals surface area contributed by atoms with Crippen molar-refractivity contribution in [2.75, 3.05) is 0 Å². The minimum absolute atomic E-state index is 0.557. The van der Waals surface area contributed by atoms with Gasteiger partial charge in [-0.1, -0.05) is 111 Å². The lowest BCUT2D eigenvalue weighted by atomic mass is 9.82. The molecule has 3 aromatic carbocycles. The molecule has 2 nitrogen and oxygen atoms in total. The van der Waals surface area contributed by atoms with E-state index in [1.807, 2.05) is 12.3 Å². The van der Waals surface area contributed by atoms with Crippen LogP contribution in [-0.2, 0) is 6.42 Å². The van der Waals surface area contributed by atoms with Crippen molar-refractivity contribution in [2.24, 2.45) is 5.92 Å². The molecule has 1 atom stereocenters. The quantitative estimate of drug-likeness (QED) is 0.335. The number of nitrogens with zero attached hydrogens (tertiary/aromatic N) is 1. The fraction of sp³-hybridized carbons (Fsp3) is 0.276. The molecule has 156 valence electrons. The molecule has 1 fully saturated rings. The van der Waals surface area contributed by atoms with E-state index in [0.717, 1.165) is 29.4 Å². The fourth-order valence-electron chi connectivity index (χ4n) is 5.14. The number of nitrogens with one attached hydrogen (secondary N) is 1. The molecule has 4 aromatic rings. The Bertz CT molecular complexity index is 1090. The number of imidazole rings is 1. The van der Waals surface area contributed by atoms with Gasteiger partial charge in [0.25, 0.3) is 0 Å². The predicted molar refractivity (Wildman–Crippen MR) is 129 cm³/mol. The van der Waals surface area contributed by atoms with Gasteiger partial charge < -0.3 is 4.98 Å². The van der Waals surface area contributed by atoms with Gasteiger partial charge in [0.1, 0.15) is 5.82 Å². The number of benzene rings is 3. The van der Waals surface area contributed by atoms with E-state index in [-0.39, 0.29) is 0 Å². The highest BCUT2D eigenvalue weighted by molar-refractivity contribution is 5.67. The van der Waals surface area contributed by atoms with Crippen molar-refractivity contribution in [2.45, 2.75) is 44.4 Å². The Morgan fingerprint density at radius 2 is 1.48 bits per heavy atom. The van der Waals surface area contributed by atoms with E-state index in [1.165, 1.54) is 48.8 Å². The molecule has 0 bridgehead atoms. The van der Waals surface area contributed by atoms with E-state index in [1.54, 1.807) is 0 Å². The second kappa shape index (κ2) is 9.34. The summed E-state index contributed by atoms with van der Waals surface area (Å²) in [6.45, 7) is 0. The Kier molecular flexibility index (Phi) is 5.97. The highest BCUT2D eigenvalue weighted by Gasteiger charge is 2.23. The molecule has 0 aliphatic heterocycles. The van der Waals surface area contributed by atoms with Crippen molar-refractivity contribution in [1.82, 2.24) is 9.97 Å². The third-order valence-corrected chi connectivity index (χ3v) is 6.76. The molecule has 31 heavy (non-hydrogen) atoms. The van der Waals surface area contributed by atoms with Gasteiger partial charge in [-0.05, 0) is 35.8 Å². The van der Waals surface area contributed by atoms with Gasteiger partial charge in [0.15, 0.2) is 0 Å². The van der Waals surface area contributed by atoms with Crippen LogP contribution in [0.2, 0.25) is 0 Å². The zero-order valence-electron chi connectivity index (χ0n) is 18.0. The van der Waals surface area contributed by atoms with E-state index < -0.39 is 0 Å². The first kappa shape index (κ1) is 19.8. The van der Waals surface area contributed by atoms with Crippen LogP contribution in [0.1, 0.15) is 49.1 Å². The first-order chi connectivity index (χ1) is 15.4. The molecule has 1 unspecified atom stereocenters. The summed E-state index contributed by atoms with van der Waals surface area (Å²) in [5, 5.41) is 0. The number of H-pyrrole nitrogens is 1. The van der Waals surface area contributed by atoms with E-state index in [0.29, 0.717) is 5.92 Å². The maximum absolute atomic E-state index is 4.67. The normalized spacial score (nSPS) is 15.2. The fourth-order valence-corrected chi connectivity index (χ4v) is 5.14. The van der Waals surface area contributed by atoms with Crippen LogP contribution in [-0.4, -0.2) is 9.97 Å². The lowest BCUT2D eigenvalue weighted by Crippen LogP contribution is -2.09. The van der Waals surface area contributed by atoms with Gasteiger partial charge in [-0.2, -0.15) is 0 Å². The summed E-state index contributed by atoms with van der Waals surface area (Å²) in [6, 6.07) is 30.3. The minimum Gasteiger partial charge on any atom is -0.338 e. The van der Waals surface area contributed by atoms with Crippen molar-refractivity contribution >= 4 is 0 Å². The molecule has 1 N–H and O–H groups in total. The second-order valence-corrected chi connectivity index (χ2v) is 8.87. The van der Waals surface area contributed by atoms with Gasteiger partial charge in [-0.3, -0.25) is 0 Å². The maximum Gasteiger partial charge on any atom is 0.137 e. The van der Waals surface area contributed by atoms with E-state index in [2.05, 4.69) is 88.8 Å². The molecular weight excluding hydrogens is 376 g/mol. The monoisotopic (exact) mass is 406 g/mol. The van der Waals surface area contributed by atoms with Crippen LogP contribution in [0.25, 0.3) is 22.6 Å². The molecule has 0 spiro atoms. The van der Waals surface area contributed by atoms with Crippen molar-refractivity contribution in [3.63, 3.8) is 0 Å². The predicted octanol–water partition coefficient (Wildman–Crippen LogP) is 7.65. The van der Waals surface area contributed by atoms with Crippen molar-refractivity contribution < 1.29 is 0 Å². The third-order valence-electron chi connectivity index (χ3n) is 6.76. The summed E-state index contributed by atoms with van der Waals surface area (Å²) in [7, 11) is 0.